The van der Waals surface area contributed by atoms with Gasteiger partial charge in [-0.25, -0.2) is 9.38 Å². The van der Waals surface area contributed by atoms with Crippen molar-refractivity contribution in [2.24, 2.45) is 16.6 Å². The first kappa shape index (κ1) is 14.1. The topological polar surface area (TPSA) is 41.6 Å². The van der Waals surface area contributed by atoms with Gasteiger partial charge in [0.2, 0.25) is 0 Å². The van der Waals surface area contributed by atoms with E-state index in [9.17, 15) is 4.39 Å². The maximum absolute atomic E-state index is 13.0. The maximum atomic E-state index is 13.0. The highest BCUT2D eigenvalue weighted by Crippen LogP contribution is 2.17. The molecule has 0 bridgehead atoms. The van der Waals surface area contributed by atoms with E-state index in [-0.39, 0.29) is 5.02 Å². The number of nitrogens with zero attached hydrogens (tertiary/aromatic N) is 2. The highest BCUT2D eigenvalue weighted by Gasteiger charge is 2.17. The van der Waals surface area contributed by atoms with Crippen molar-refractivity contribution in [1.82, 2.24) is 4.90 Å². The van der Waals surface area contributed by atoms with Crippen molar-refractivity contribution in [3.05, 3.63) is 34.6 Å². The molecule has 0 aromatic heterocycles. The van der Waals surface area contributed by atoms with Crippen LogP contribution in [0.25, 0.3) is 0 Å². The fourth-order valence-corrected chi connectivity index (χ4v) is 2.51. The van der Waals surface area contributed by atoms with Gasteiger partial charge < -0.3 is 10.6 Å². The van der Waals surface area contributed by atoms with Crippen LogP contribution in [-0.2, 0) is 6.54 Å². The first-order chi connectivity index (χ1) is 9.06. The monoisotopic (exact) mass is 283 g/mol. The second-order valence-electron chi connectivity index (χ2n) is 5.12. The molecule has 1 aromatic rings. The van der Waals surface area contributed by atoms with Gasteiger partial charge in [0.15, 0.2) is 5.96 Å². The highest BCUT2D eigenvalue weighted by atomic mass is 35.5. The molecular formula is C14H19ClFN3. The highest BCUT2D eigenvalue weighted by molar-refractivity contribution is 6.30. The average molecular weight is 284 g/mol. The minimum Gasteiger partial charge on any atom is -0.370 e. The molecule has 1 unspecified atom stereocenters. The molecule has 3 nitrogen and oxygen atoms in total. The van der Waals surface area contributed by atoms with Gasteiger partial charge in [-0.3, -0.25) is 0 Å². The van der Waals surface area contributed by atoms with Gasteiger partial charge in [0, 0.05) is 13.1 Å². The van der Waals surface area contributed by atoms with Crippen molar-refractivity contribution in [3.8, 4) is 0 Å². The second-order valence-corrected chi connectivity index (χ2v) is 5.52. The third-order valence-electron chi connectivity index (χ3n) is 3.39. The normalized spacial score (nSPS) is 20.7. The van der Waals surface area contributed by atoms with Crippen molar-refractivity contribution in [2.75, 3.05) is 13.1 Å². The Morgan fingerprint density at radius 2 is 2.37 bits per heavy atom. The number of nitrogens with two attached hydrogens (primary N) is 1. The number of hydrogen-bond acceptors (Lipinski definition) is 1. The van der Waals surface area contributed by atoms with Crippen molar-refractivity contribution >= 4 is 17.6 Å². The molecule has 2 N–H and O–H groups in total. The van der Waals surface area contributed by atoms with Crippen LogP contribution in [0.2, 0.25) is 5.02 Å². The van der Waals surface area contributed by atoms with E-state index in [1.54, 1.807) is 12.1 Å². The molecule has 0 amide bonds. The van der Waals surface area contributed by atoms with Crippen LogP contribution in [0.1, 0.15) is 25.3 Å². The Labute approximate surface area is 118 Å². The molecule has 0 saturated carbocycles. The van der Waals surface area contributed by atoms with Crippen LogP contribution >= 0.6 is 11.6 Å². The van der Waals surface area contributed by atoms with Crippen molar-refractivity contribution in [2.45, 2.75) is 26.3 Å². The molecule has 5 heteroatoms. The minimum atomic E-state index is -0.410. The van der Waals surface area contributed by atoms with Gasteiger partial charge in [-0.05, 0) is 36.5 Å². The van der Waals surface area contributed by atoms with Crippen LogP contribution in [-0.4, -0.2) is 23.9 Å². The van der Waals surface area contributed by atoms with Crippen LogP contribution in [0, 0.1) is 11.7 Å². The van der Waals surface area contributed by atoms with E-state index in [0.29, 0.717) is 18.4 Å². The van der Waals surface area contributed by atoms with E-state index in [1.165, 1.54) is 12.5 Å². The molecule has 1 heterocycles. The zero-order valence-electron chi connectivity index (χ0n) is 11.1. The van der Waals surface area contributed by atoms with Crippen LogP contribution in [0.3, 0.4) is 0 Å². The number of piperidine rings is 1. The lowest BCUT2D eigenvalue weighted by Crippen LogP contribution is -2.43. The Morgan fingerprint density at radius 1 is 1.58 bits per heavy atom. The fraction of sp³-hybridized carbons (Fsp3) is 0.500. The number of benzene rings is 1. The van der Waals surface area contributed by atoms with E-state index < -0.39 is 5.82 Å². The van der Waals surface area contributed by atoms with Gasteiger partial charge in [0.1, 0.15) is 5.82 Å². The molecule has 1 aliphatic rings. The Morgan fingerprint density at radius 3 is 3.05 bits per heavy atom. The number of likely N-dealkylation sites (tertiary alicyclic amines) is 1. The zero-order valence-corrected chi connectivity index (χ0v) is 11.8. The van der Waals surface area contributed by atoms with Gasteiger partial charge in [0.05, 0.1) is 11.6 Å². The summed E-state index contributed by atoms with van der Waals surface area (Å²) < 4.78 is 13.0. The lowest BCUT2D eigenvalue weighted by atomic mass is 10.0. The fourth-order valence-electron chi connectivity index (χ4n) is 2.31. The second kappa shape index (κ2) is 6.24. The van der Waals surface area contributed by atoms with Crippen molar-refractivity contribution in [3.63, 3.8) is 0 Å². The number of rotatable bonds is 2. The summed E-state index contributed by atoms with van der Waals surface area (Å²) in [4.78, 5) is 6.47. The quantitative estimate of drug-likeness (QED) is 0.670. The number of hydrogen-bond donors (Lipinski definition) is 1. The molecule has 1 fully saturated rings. The van der Waals surface area contributed by atoms with Gasteiger partial charge in [0.25, 0.3) is 0 Å². The molecule has 2 rings (SSSR count). The average Bonchev–Trinajstić information content (AvgIpc) is 2.40. The summed E-state index contributed by atoms with van der Waals surface area (Å²) in [5.74, 6) is 0.807. The Balaban J connectivity index is 1.98. The largest absolute Gasteiger partial charge is 0.370 e. The van der Waals surface area contributed by atoms with E-state index in [2.05, 4.69) is 16.8 Å². The number of guanidine groups is 1. The van der Waals surface area contributed by atoms with Crippen molar-refractivity contribution < 1.29 is 4.39 Å². The van der Waals surface area contributed by atoms with Gasteiger partial charge in [-0.1, -0.05) is 24.6 Å². The summed E-state index contributed by atoms with van der Waals surface area (Å²) >= 11 is 5.73. The first-order valence-corrected chi connectivity index (χ1v) is 6.93. The van der Waals surface area contributed by atoms with Crippen molar-refractivity contribution in [1.29, 1.82) is 0 Å². The summed E-state index contributed by atoms with van der Waals surface area (Å²) in [5, 5.41) is 0.123. The Kier molecular flexibility index (Phi) is 4.64. The summed E-state index contributed by atoms with van der Waals surface area (Å²) in [5.41, 5.74) is 6.86. The molecule has 19 heavy (non-hydrogen) atoms. The summed E-state index contributed by atoms with van der Waals surface area (Å²) in [6, 6.07) is 4.62. The van der Waals surface area contributed by atoms with E-state index in [0.717, 1.165) is 25.1 Å². The van der Waals surface area contributed by atoms with Crippen LogP contribution < -0.4 is 5.73 Å². The molecule has 1 aliphatic heterocycles. The summed E-state index contributed by atoms with van der Waals surface area (Å²) in [6.07, 6.45) is 2.40. The van der Waals surface area contributed by atoms with E-state index in [1.807, 2.05) is 0 Å². The predicted octanol–water partition coefficient (Wildman–Crippen LogP) is 3.03. The van der Waals surface area contributed by atoms with E-state index >= 15 is 0 Å². The molecule has 1 atom stereocenters. The smallest absolute Gasteiger partial charge is 0.191 e. The third kappa shape index (κ3) is 3.83. The molecule has 0 spiro atoms. The molecule has 104 valence electrons. The number of halogens is 2. The van der Waals surface area contributed by atoms with Crippen LogP contribution in [0.5, 0.6) is 0 Å². The third-order valence-corrected chi connectivity index (χ3v) is 3.68. The molecule has 0 aliphatic carbocycles. The summed E-state index contributed by atoms with van der Waals surface area (Å²) in [7, 11) is 0. The van der Waals surface area contributed by atoms with Gasteiger partial charge >= 0.3 is 0 Å². The lowest BCUT2D eigenvalue weighted by molar-refractivity contribution is 0.270. The SMILES string of the molecule is CC1CCCN(C(N)=NCc2ccc(F)c(Cl)c2)C1. The van der Waals surface area contributed by atoms with Gasteiger partial charge in [-0.2, -0.15) is 0 Å². The number of aliphatic imine (C=N–C) groups is 1. The molecule has 0 radical (unpaired) electrons. The molecular weight excluding hydrogens is 265 g/mol. The molecule has 1 aromatic carbocycles. The maximum Gasteiger partial charge on any atom is 0.191 e. The first-order valence-electron chi connectivity index (χ1n) is 6.55. The Bertz CT molecular complexity index is 476. The van der Waals surface area contributed by atoms with E-state index in [4.69, 9.17) is 17.3 Å². The predicted molar refractivity (Wildman–Crippen MR) is 76.7 cm³/mol. The minimum absolute atomic E-state index is 0.123. The molecule has 1 saturated heterocycles. The zero-order chi connectivity index (χ0) is 13.8. The van der Waals surface area contributed by atoms with Crippen LogP contribution in [0.4, 0.5) is 4.39 Å². The van der Waals surface area contributed by atoms with Crippen LogP contribution in [0.15, 0.2) is 23.2 Å². The van der Waals surface area contributed by atoms with Gasteiger partial charge in [-0.15, -0.1) is 0 Å². The summed E-state index contributed by atoms with van der Waals surface area (Å²) in [6.45, 7) is 4.57. The standard InChI is InChI=1S/C14H19ClFN3/c1-10-3-2-6-19(9-10)14(17)18-8-11-4-5-13(16)12(15)7-11/h4-5,7,10H,2-3,6,8-9H2,1H3,(H2,17,18). The Hall–Kier alpha value is -1.29. The lowest BCUT2D eigenvalue weighted by Gasteiger charge is -2.31.